The number of carbonyl (C=O) groups is 1. The van der Waals surface area contributed by atoms with E-state index in [1.165, 1.54) is 0 Å². The van der Waals surface area contributed by atoms with Crippen molar-refractivity contribution >= 4 is 16.9 Å². The standard InChI is InChI=1S/C9H12N2O2S/c1-13-7-4-2-3-6(5-7)8(12)14-9(10)11/h2-5,9H,10-11H2,1H3. The predicted molar refractivity (Wildman–Crippen MR) is 57.1 cm³/mol. The van der Waals surface area contributed by atoms with Gasteiger partial charge in [0.15, 0.2) is 0 Å². The monoisotopic (exact) mass is 212 g/mol. The first-order chi connectivity index (χ1) is 6.63. The molecular weight excluding hydrogens is 200 g/mol. The van der Waals surface area contributed by atoms with E-state index < -0.39 is 5.50 Å². The number of benzene rings is 1. The molecule has 0 radical (unpaired) electrons. The van der Waals surface area contributed by atoms with Gasteiger partial charge < -0.3 is 16.2 Å². The van der Waals surface area contributed by atoms with Crippen LogP contribution in [0.3, 0.4) is 0 Å². The van der Waals surface area contributed by atoms with Crippen LogP contribution in [0.25, 0.3) is 0 Å². The molecular formula is C9H12N2O2S. The Hall–Kier alpha value is -1.04. The highest BCUT2D eigenvalue weighted by atomic mass is 32.2. The summed E-state index contributed by atoms with van der Waals surface area (Å²) in [6.07, 6.45) is 0. The highest BCUT2D eigenvalue weighted by Gasteiger charge is 2.09. The third kappa shape index (κ3) is 3.02. The molecule has 14 heavy (non-hydrogen) atoms. The predicted octanol–water partition coefficient (Wildman–Crippen LogP) is 0.770. The quantitative estimate of drug-likeness (QED) is 0.723. The summed E-state index contributed by atoms with van der Waals surface area (Å²) in [5, 5.41) is -0.154. The largest absolute Gasteiger partial charge is 0.497 e. The third-order valence-corrected chi connectivity index (χ3v) is 2.27. The summed E-state index contributed by atoms with van der Waals surface area (Å²) in [5.74, 6) is 0.641. The average Bonchev–Trinajstić information content (AvgIpc) is 2.17. The Morgan fingerprint density at radius 3 is 2.79 bits per heavy atom. The second-order valence-corrected chi connectivity index (χ2v) is 3.75. The maximum Gasteiger partial charge on any atom is 0.222 e. The number of hydrogen-bond donors (Lipinski definition) is 2. The van der Waals surface area contributed by atoms with E-state index in [4.69, 9.17) is 16.2 Å². The second kappa shape index (κ2) is 4.99. The van der Waals surface area contributed by atoms with E-state index in [2.05, 4.69) is 0 Å². The smallest absolute Gasteiger partial charge is 0.222 e. The number of carbonyl (C=O) groups excluding carboxylic acids is 1. The summed E-state index contributed by atoms with van der Waals surface area (Å²) in [6.45, 7) is 0. The van der Waals surface area contributed by atoms with Gasteiger partial charge in [-0.15, -0.1) is 0 Å². The molecule has 0 aliphatic heterocycles. The lowest BCUT2D eigenvalue weighted by Gasteiger charge is -2.05. The molecule has 1 rings (SSSR count). The highest BCUT2D eigenvalue weighted by Crippen LogP contribution is 2.17. The van der Waals surface area contributed by atoms with Crippen molar-refractivity contribution in [3.05, 3.63) is 29.8 Å². The molecule has 1 aromatic rings. The zero-order valence-corrected chi connectivity index (χ0v) is 8.58. The molecule has 0 aliphatic rings. The molecule has 0 saturated carbocycles. The third-order valence-electron chi connectivity index (χ3n) is 1.55. The van der Waals surface area contributed by atoms with Gasteiger partial charge in [0.25, 0.3) is 0 Å². The summed E-state index contributed by atoms with van der Waals surface area (Å²) < 4.78 is 4.99. The molecule has 0 bridgehead atoms. The fourth-order valence-electron chi connectivity index (χ4n) is 0.942. The van der Waals surface area contributed by atoms with Crippen molar-refractivity contribution < 1.29 is 9.53 Å². The van der Waals surface area contributed by atoms with Crippen molar-refractivity contribution in [3.8, 4) is 5.75 Å². The van der Waals surface area contributed by atoms with Crippen molar-refractivity contribution in [2.75, 3.05) is 7.11 Å². The van der Waals surface area contributed by atoms with Crippen LogP contribution in [0.1, 0.15) is 10.4 Å². The normalized spacial score (nSPS) is 10.3. The molecule has 0 aromatic heterocycles. The van der Waals surface area contributed by atoms with E-state index in [-0.39, 0.29) is 5.12 Å². The van der Waals surface area contributed by atoms with Crippen LogP contribution < -0.4 is 16.2 Å². The first kappa shape index (κ1) is 11.0. The van der Waals surface area contributed by atoms with Crippen LogP contribution >= 0.6 is 11.8 Å². The molecule has 0 heterocycles. The first-order valence-electron chi connectivity index (χ1n) is 3.99. The number of ether oxygens (including phenoxy) is 1. The van der Waals surface area contributed by atoms with Crippen molar-refractivity contribution in [1.82, 2.24) is 0 Å². The van der Waals surface area contributed by atoms with Gasteiger partial charge in [0.1, 0.15) is 11.2 Å². The Morgan fingerprint density at radius 2 is 2.21 bits per heavy atom. The maximum atomic E-state index is 11.5. The minimum Gasteiger partial charge on any atom is -0.497 e. The number of hydrogen-bond acceptors (Lipinski definition) is 5. The van der Waals surface area contributed by atoms with Gasteiger partial charge in [0.2, 0.25) is 5.12 Å². The number of thioether (sulfide) groups is 1. The molecule has 0 spiro atoms. The lowest BCUT2D eigenvalue weighted by atomic mass is 10.2. The second-order valence-electron chi connectivity index (χ2n) is 2.60. The average molecular weight is 212 g/mol. The van der Waals surface area contributed by atoms with Crippen LogP contribution in [-0.4, -0.2) is 17.7 Å². The van der Waals surface area contributed by atoms with E-state index in [0.29, 0.717) is 11.3 Å². The Labute approximate surface area is 86.6 Å². The molecule has 4 nitrogen and oxygen atoms in total. The lowest BCUT2D eigenvalue weighted by Crippen LogP contribution is -2.27. The fourth-order valence-corrected chi connectivity index (χ4v) is 1.45. The Morgan fingerprint density at radius 1 is 1.50 bits per heavy atom. The van der Waals surface area contributed by atoms with E-state index >= 15 is 0 Å². The van der Waals surface area contributed by atoms with Gasteiger partial charge in [-0.1, -0.05) is 12.1 Å². The van der Waals surface area contributed by atoms with Gasteiger partial charge in [-0.05, 0) is 23.9 Å². The Bertz CT molecular complexity index is 328. The number of methoxy groups -OCH3 is 1. The molecule has 5 heteroatoms. The molecule has 76 valence electrons. The first-order valence-corrected chi connectivity index (χ1v) is 4.87. The molecule has 0 saturated heterocycles. The summed E-state index contributed by atoms with van der Waals surface area (Å²) in [7, 11) is 1.55. The SMILES string of the molecule is COc1cccc(C(=O)SC(N)N)c1. The summed E-state index contributed by atoms with van der Waals surface area (Å²) in [6, 6.07) is 6.86. The minimum absolute atomic E-state index is 0.154. The molecule has 4 N–H and O–H groups in total. The van der Waals surface area contributed by atoms with Crippen molar-refractivity contribution in [1.29, 1.82) is 0 Å². The fraction of sp³-hybridized carbons (Fsp3) is 0.222. The zero-order chi connectivity index (χ0) is 10.6. The number of rotatable bonds is 3. The number of nitrogens with two attached hydrogens (primary N) is 2. The van der Waals surface area contributed by atoms with Crippen LogP contribution in [-0.2, 0) is 0 Å². The molecule has 0 fully saturated rings. The van der Waals surface area contributed by atoms with Crippen LogP contribution in [0, 0.1) is 0 Å². The highest BCUT2D eigenvalue weighted by molar-refractivity contribution is 8.14. The zero-order valence-electron chi connectivity index (χ0n) is 7.77. The van der Waals surface area contributed by atoms with E-state index in [0.717, 1.165) is 11.8 Å². The molecule has 0 amide bonds. The lowest BCUT2D eigenvalue weighted by molar-refractivity contribution is 0.108. The van der Waals surface area contributed by atoms with Crippen LogP contribution in [0.2, 0.25) is 0 Å². The summed E-state index contributed by atoms with van der Waals surface area (Å²) in [5.41, 5.74) is 10.4. The van der Waals surface area contributed by atoms with Gasteiger partial charge >= 0.3 is 0 Å². The van der Waals surface area contributed by atoms with E-state index in [1.54, 1.807) is 31.4 Å². The van der Waals surface area contributed by atoms with Crippen molar-refractivity contribution in [2.24, 2.45) is 11.5 Å². The molecule has 0 aliphatic carbocycles. The Kier molecular flexibility index (Phi) is 3.94. The van der Waals surface area contributed by atoms with Crippen molar-refractivity contribution in [3.63, 3.8) is 0 Å². The maximum absolute atomic E-state index is 11.5. The summed E-state index contributed by atoms with van der Waals surface area (Å²) in [4.78, 5) is 11.5. The summed E-state index contributed by atoms with van der Waals surface area (Å²) >= 11 is 0.888. The molecule has 0 atom stereocenters. The van der Waals surface area contributed by atoms with Crippen LogP contribution in [0.5, 0.6) is 5.75 Å². The van der Waals surface area contributed by atoms with E-state index in [9.17, 15) is 4.79 Å². The Balaban J connectivity index is 2.79. The minimum atomic E-state index is -0.686. The van der Waals surface area contributed by atoms with Gasteiger partial charge in [-0.2, -0.15) is 0 Å². The van der Waals surface area contributed by atoms with E-state index in [1.807, 2.05) is 0 Å². The van der Waals surface area contributed by atoms with Crippen molar-refractivity contribution in [2.45, 2.75) is 5.50 Å². The molecule has 1 aromatic carbocycles. The van der Waals surface area contributed by atoms with Gasteiger partial charge in [0, 0.05) is 5.56 Å². The topological polar surface area (TPSA) is 78.3 Å². The van der Waals surface area contributed by atoms with Gasteiger partial charge in [0.05, 0.1) is 7.11 Å². The molecule has 0 unspecified atom stereocenters. The van der Waals surface area contributed by atoms with Crippen LogP contribution in [0.4, 0.5) is 0 Å². The van der Waals surface area contributed by atoms with Gasteiger partial charge in [-0.3, -0.25) is 4.79 Å². The van der Waals surface area contributed by atoms with Gasteiger partial charge in [-0.25, -0.2) is 0 Å². The van der Waals surface area contributed by atoms with Crippen LogP contribution in [0.15, 0.2) is 24.3 Å².